The van der Waals surface area contributed by atoms with Gasteiger partial charge in [0, 0.05) is 13.1 Å². The SMILES string of the molecule is CCCC1NC(C)N(CC(C)CN2CCCC2)C1=O. The Balaban J connectivity index is 1.82. The molecule has 0 aromatic carbocycles. The normalized spacial score (nSPS) is 30.3. The highest BCUT2D eigenvalue weighted by atomic mass is 16.2. The maximum absolute atomic E-state index is 12.3. The molecule has 0 spiro atoms. The molecule has 2 aliphatic heterocycles. The van der Waals surface area contributed by atoms with E-state index in [1.807, 2.05) is 4.90 Å². The van der Waals surface area contributed by atoms with Crippen molar-refractivity contribution in [2.24, 2.45) is 5.92 Å². The van der Waals surface area contributed by atoms with Gasteiger partial charge in [-0.15, -0.1) is 0 Å². The highest BCUT2D eigenvalue weighted by Crippen LogP contribution is 2.17. The van der Waals surface area contributed by atoms with Gasteiger partial charge >= 0.3 is 0 Å². The van der Waals surface area contributed by atoms with E-state index in [0.29, 0.717) is 11.8 Å². The predicted molar refractivity (Wildman–Crippen MR) is 77.8 cm³/mol. The molecule has 0 radical (unpaired) electrons. The zero-order valence-corrected chi connectivity index (χ0v) is 12.7. The third-order valence-electron chi connectivity index (χ3n) is 4.35. The minimum absolute atomic E-state index is 0.0546. The first kappa shape index (κ1) is 14.8. The zero-order valence-electron chi connectivity index (χ0n) is 12.7. The van der Waals surface area contributed by atoms with Crippen molar-refractivity contribution in [3.63, 3.8) is 0 Å². The molecule has 2 fully saturated rings. The van der Waals surface area contributed by atoms with Gasteiger partial charge in [-0.2, -0.15) is 0 Å². The summed E-state index contributed by atoms with van der Waals surface area (Å²) in [5, 5.41) is 3.42. The average molecular weight is 267 g/mol. The molecule has 2 heterocycles. The van der Waals surface area contributed by atoms with Crippen LogP contribution in [0.2, 0.25) is 0 Å². The van der Waals surface area contributed by atoms with Crippen LogP contribution in [-0.2, 0) is 4.79 Å². The van der Waals surface area contributed by atoms with Crippen molar-refractivity contribution in [3.8, 4) is 0 Å². The lowest BCUT2D eigenvalue weighted by Gasteiger charge is -2.27. The van der Waals surface area contributed by atoms with Crippen LogP contribution in [0.5, 0.6) is 0 Å². The van der Waals surface area contributed by atoms with Crippen LogP contribution in [0.15, 0.2) is 0 Å². The van der Waals surface area contributed by atoms with E-state index in [0.717, 1.165) is 25.9 Å². The predicted octanol–water partition coefficient (Wildman–Crippen LogP) is 1.66. The van der Waals surface area contributed by atoms with Crippen molar-refractivity contribution in [1.82, 2.24) is 15.1 Å². The lowest BCUT2D eigenvalue weighted by molar-refractivity contribution is -0.130. The summed E-state index contributed by atoms with van der Waals surface area (Å²) < 4.78 is 0. The molecule has 1 amide bonds. The van der Waals surface area contributed by atoms with Gasteiger partial charge < -0.3 is 9.80 Å². The van der Waals surface area contributed by atoms with Crippen molar-refractivity contribution >= 4 is 5.91 Å². The lowest BCUT2D eigenvalue weighted by atomic mass is 10.1. The third-order valence-corrected chi connectivity index (χ3v) is 4.35. The molecule has 3 atom stereocenters. The van der Waals surface area contributed by atoms with E-state index < -0.39 is 0 Å². The van der Waals surface area contributed by atoms with Gasteiger partial charge in [0.1, 0.15) is 0 Å². The largest absolute Gasteiger partial charge is 0.326 e. The molecule has 3 unspecified atom stereocenters. The molecule has 0 aromatic rings. The molecular formula is C15H29N3O. The van der Waals surface area contributed by atoms with Crippen molar-refractivity contribution in [2.75, 3.05) is 26.2 Å². The summed E-state index contributed by atoms with van der Waals surface area (Å²) in [6, 6.07) is 0.0546. The smallest absolute Gasteiger partial charge is 0.241 e. The Morgan fingerprint density at radius 1 is 1.32 bits per heavy atom. The highest BCUT2D eigenvalue weighted by Gasteiger charge is 2.36. The Kier molecular flexibility index (Phi) is 5.22. The monoisotopic (exact) mass is 267 g/mol. The maximum atomic E-state index is 12.3. The van der Waals surface area contributed by atoms with E-state index in [1.165, 1.54) is 25.9 Å². The summed E-state index contributed by atoms with van der Waals surface area (Å²) in [5.74, 6) is 0.870. The van der Waals surface area contributed by atoms with Crippen LogP contribution in [0.1, 0.15) is 46.5 Å². The Morgan fingerprint density at radius 2 is 2.00 bits per heavy atom. The van der Waals surface area contributed by atoms with Gasteiger partial charge in [-0.25, -0.2) is 0 Å². The van der Waals surface area contributed by atoms with Crippen LogP contribution >= 0.6 is 0 Å². The molecular weight excluding hydrogens is 238 g/mol. The van der Waals surface area contributed by atoms with Crippen LogP contribution in [0.25, 0.3) is 0 Å². The summed E-state index contributed by atoms with van der Waals surface area (Å²) in [7, 11) is 0. The highest BCUT2D eigenvalue weighted by molar-refractivity contribution is 5.84. The van der Waals surface area contributed by atoms with Gasteiger partial charge in [0.2, 0.25) is 5.91 Å². The average Bonchev–Trinajstić information content (AvgIpc) is 2.94. The number of amides is 1. The summed E-state index contributed by atoms with van der Waals surface area (Å²) in [4.78, 5) is 16.9. The molecule has 0 aromatic heterocycles. The van der Waals surface area contributed by atoms with Crippen molar-refractivity contribution in [2.45, 2.75) is 58.7 Å². The molecule has 4 nitrogen and oxygen atoms in total. The molecule has 19 heavy (non-hydrogen) atoms. The molecule has 0 aliphatic carbocycles. The molecule has 0 bridgehead atoms. The molecule has 1 N–H and O–H groups in total. The van der Waals surface area contributed by atoms with Gasteiger partial charge in [-0.1, -0.05) is 20.3 Å². The number of carbonyl (C=O) groups excluding carboxylic acids is 1. The van der Waals surface area contributed by atoms with Crippen LogP contribution < -0.4 is 5.32 Å². The van der Waals surface area contributed by atoms with Gasteiger partial charge in [-0.3, -0.25) is 10.1 Å². The van der Waals surface area contributed by atoms with Crippen LogP contribution in [0, 0.1) is 5.92 Å². The molecule has 110 valence electrons. The molecule has 4 heteroatoms. The van der Waals surface area contributed by atoms with Crippen molar-refractivity contribution in [1.29, 1.82) is 0 Å². The minimum Gasteiger partial charge on any atom is -0.326 e. The number of carbonyl (C=O) groups is 1. The Bertz CT molecular complexity index is 302. The number of rotatable bonds is 6. The molecule has 2 saturated heterocycles. The summed E-state index contributed by atoms with van der Waals surface area (Å²) in [5.41, 5.74) is 0. The van der Waals surface area contributed by atoms with Crippen molar-refractivity contribution in [3.05, 3.63) is 0 Å². The second-order valence-corrected chi connectivity index (χ2v) is 6.29. The van der Waals surface area contributed by atoms with E-state index >= 15 is 0 Å². The van der Waals surface area contributed by atoms with Gasteiger partial charge in [0.25, 0.3) is 0 Å². The van der Waals surface area contributed by atoms with Gasteiger partial charge in [0.05, 0.1) is 12.2 Å². The zero-order chi connectivity index (χ0) is 13.8. The third kappa shape index (κ3) is 3.69. The van der Waals surface area contributed by atoms with E-state index in [9.17, 15) is 4.79 Å². The van der Waals surface area contributed by atoms with Gasteiger partial charge in [-0.05, 0) is 45.2 Å². The quantitative estimate of drug-likeness (QED) is 0.795. The Labute approximate surface area is 117 Å². The van der Waals surface area contributed by atoms with Crippen LogP contribution in [0.3, 0.4) is 0 Å². The van der Waals surface area contributed by atoms with E-state index in [4.69, 9.17) is 0 Å². The fraction of sp³-hybridized carbons (Fsp3) is 0.933. The Morgan fingerprint density at radius 3 is 2.63 bits per heavy atom. The number of likely N-dealkylation sites (tertiary alicyclic amines) is 1. The number of hydrogen-bond donors (Lipinski definition) is 1. The first-order valence-electron chi connectivity index (χ1n) is 7.90. The second kappa shape index (κ2) is 6.71. The van der Waals surface area contributed by atoms with E-state index in [1.54, 1.807) is 0 Å². The van der Waals surface area contributed by atoms with Gasteiger partial charge in [0.15, 0.2) is 0 Å². The minimum atomic E-state index is 0.0546. The standard InChI is InChI=1S/C15H29N3O/c1-4-7-14-15(19)18(13(3)16-14)11-12(2)10-17-8-5-6-9-17/h12-14,16H,4-11H2,1-3H3. The molecule has 2 rings (SSSR count). The summed E-state index contributed by atoms with van der Waals surface area (Å²) in [6.45, 7) is 11.0. The maximum Gasteiger partial charge on any atom is 0.241 e. The Hall–Kier alpha value is -0.610. The van der Waals surface area contributed by atoms with Crippen LogP contribution in [0.4, 0.5) is 0 Å². The van der Waals surface area contributed by atoms with E-state index in [-0.39, 0.29) is 12.2 Å². The number of hydrogen-bond acceptors (Lipinski definition) is 3. The summed E-state index contributed by atoms with van der Waals surface area (Å²) >= 11 is 0. The number of nitrogens with zero attached hydrogens (tertiary/aromatic N) is 2. The van der Waals surface area contributed by atoms with Crippen LogP contribution in [-0.4, -0.2) is 54.1 Å². The lowest BCUT2D eigenvalue weighted by Crippen LogP contribution is -2.40. The first-order chi connectivity index (χ1) is 9.11. The van der Waals surface area contributed by atoms with E-state index in [2.05, 4.69) is 31.0 Å². The summed E-state index contributed by atoms with van der Waals surface area (Å²) in [6.07, 6.45) is 4.90. The number of nitrogens with one attached hydrogen (secondary N) is 1. The molecule has 2 aliphatic rings. The second-order valence-electron chi connectivity index (χ2n) is 6.29. The topological polar surface area (TPSA) is 35.6 Å². The fourth-order valence-corrected chi connectivity index (χ4v) is 3.39. The molecule has 0 saturated carbocycles. The fourth-order valence-electron chi connectivity index (χ4n) is 3.39. The first-order valence-corrected chi connectivity index (χ1v) is 7.90. The van der Waals surface area contributed by atoms with Crippen molar-refractivity contribution < 1.29 is 4.79 Å².